The van der Waals surface area contributed by atoms with Crippen LogP contribution >= 0.6 is 0 Å². The van der Waals surface area contributed by atoms with Gasteiger partial charge in [0.1, 0.15) is 0 Å². The van der Waals surface area contributed by atoms with Crippen LogP contribution in [0.1, 0.15) is 13.8 Å². The zero-order valence-electron chi connectivity index (χ0n) is 14.8. The molecular weight excluding hydrogens is 312 g/mol. The van der Waals surface area contributed by atoms with E-state index in [-0.39, 0.29) is 0 Å². The molecule has 0 fully saturated rings. The second kappa shape index (κ2) is 15.0. The second-order valence-electron chi connectivity index (χ2n) is 6.38. The molecule has 0 saturated heterocycles. The molecule has 0 aliphatic heterocycles. The van der Waals surface area contributed by atoms with Crippen LogP contribution in [-0.4, -0.2) is 58.9 Å². The van der Waals surface area contributed by atoms with E-state index >= 15 is 0 Å². The molecule has 0 heterocycles. The molecule has 0 aromatic carbocycles. The van der Waals surface area contributed by atoms with Gasteiger partial charge in [-0.05, 0) is 0 Å². The Morgan fingerprint density at radius 3 is 1.18 bits per heavy atom. The van der Waals surface area contributed by atoms with E-state index in [1.165, 1.54) is 14.2 Å². The maximum atomic E-state index is 5.57. The molecule has 0 bridgehead atoms. The Labute approximate surface area is 141 Å². The molecule has 0 saturated carbocycles. The zero-order chi connectivity index (χ0) is 16.7. The fraction of sp³-hybridized carbons (Fsp3) is 1.00. The second-order valence-corrected chi connectivity index (χ2v) is 14.8. The van der Waals surface area contributed by atoms with Crippen molar-refractivity contribution in [3.8, 4) is 0 Å². The summed E-state index contributed by atoms with van der Waals surface area (Å²) in [5, 5.41) is 10.5. The summed E-state index contributed by atoms with van der Waals surface area (Å²) in [5.74, 6) is 0. The monoisotopic (exact) mass is 352 g/mol. The molecule has 6 nitrogen and oxygen atoms in total. The normalized spacial score (nSPS) is 12.3. The molecular formula is C15H40N6Ti. The van der Waals surface area contributed by atoms with E-state index in [4.69, 9.17) is 17.2 Å². The SMILES string of the molecule is C[CH](C)[Ti]([CH2]CNCCN)([CH2]CNCCN)[CH2]CNCCN. The molecule has 0 aromatic rings. The van der Waals surface area contributed by atoms with Crippen LogP contribution in [0.5, 0.6) is 0 Å². The van der Waals surface area contributed by atoms with Crippen LogP contribution in [-0.2, 0) is 16.6 Å². The Balaban J connectivity index is 4.48. The first-order valence-corrected chi connectivity index (χ1v) is 13.1. The van der Waals surface area contributed by atoms with Crippen molar-refractivity contribution in [3.63, 3.8) is 0 Å². The molecule has 0 aliphatic carbocycles. The minimum atomic E-state index is -1.92. The van der Waals surface area contributed by atoms with Crippen LogP contribution in [0.15, 0.2) is 0 Å². The Kier molecular flexibility index (Phi) is 15.4. The summed E-state index contributed by atoms with van der Waals surface area (Å²) in [4.78, 5) is 0. The molecule has 0 aromatic heterocycles. The van der Waals surface area contributed by atoms with Crippen molar-refractivity contribution < 1.29 is 16.6 Å². The van der Waals surface area contributed by atoms with Crippen molar-refractivity contribution in [1.29, 1.82) is 0 Å². The fourth-order valence-electron chi connectivity index (χ4n) is 2.93. The third-order valence-corrected chi connectivity index (χ3v) is 14.2. The molecule has 0 spiro atoms. The van der Waals surface area contributed by atoms with Crippen LogP contribution in [0, 0.1) is 0 Å². The van der Waals surface area contributed by atoms with Crippen LogP contribution in [0.2, 0.25) is 18.4 Å². The van der Waals surface area contributed by atoms with Crippen molar-refractivity contribution in [3.05, 3.63) is 0 Å². The third kappa shape index (κ3) is 10.3. The Morgan fingerprint density at radius 2 is 0.955 bits per heavy atom. The van der Waals surface area contributed by atoms with Crippen molar-refractivity contribution in [1.82, 2.24) is 16.0 Å². The summed E-state index contributed by atoms with van der Waals surface area (Å²) in [7, 11) is 0. The maximum absolute atomic E-state index is 5.57. The van der Waals surface area contributed by atoms with Crippen molar-refractivity contribution >= 4 is 0 Å². The first kappa shape index (κ1) is 22.5. The van der Waals surface area contributed by atoms with Gasteiger partial charge in [-0.3, -0.25) is 0 Å². The van der Waals surface area contributed by atoms with Gasteiger partial charge in [-0.1, -0.05) is 0 Å². The van der Waals surface area contributed by atoms with Gasteiger partial charge in [-0.2, -0.15) is 0 Å². The van der Waals surface area contributed by atoms with E-state index in [9.17, 15) is 0 Å². The van der Waals surface area contributed by atoms with E-state index < -0.39 is 16.6 Å². The van der Waals surface area contributed by atoms with Gasteiger partial charge < -0.3 is 0 Å². The van der Waals surface area contributed by atoms with Crippen LogP contribution in [0.3, 0.4) is 0 Å². The summed E-state index contributed by atoms with van der Waals surface area (Å²) in [6.45, 7) is 13.1. The third-order valence-electron chi connectivity index (χ3n) is 4.59. The van der Waals surface area contributed by atoms with Crippen molar-refractivity contribution in [2.45, 2.75) is 32.2 Å². The molecule has 0 aliphatic rings. The van der Waals surface area contributed by atoms with Crippen LogP contribution < -0.4 is 33.2 Å². The van der Waals surface area contributed by atoms with Gasteiger partial charge in [0.25, 0.3) is 0 Å². The summed E-state index contributed by atoms with van der Waals surface area (Å²) >= 11 is -1.92. The van der Waals surface area contributed by atoms with Crippen molar-refractivity contribution in [2.24, 2.45) is 17.2 Å². The van der Waals surface area contributed by atoms with Gasteiger partial charge >= 0.3 is 141 Å². The molecule has 134 valence electrons. The van der Waals surface area contributed by atoms with Crippen LogP contribution in [0.4, 0.5) is 0 Å². The average Bonchev–Trinajstić information content (AvgIpc) is 2.51. The topological polar surface area (TPSA) is 114 Å². The Hall–Kier alpha value is 0.474. The Morgan fingerprint density at radius 1 is 0.636 bits per heavy atom. The van der Waals surface area contributed by atoms with Gasteiger partial charge in [-0.25, -0.2) is 0 Å². The molecule has 7 heteroatoms. The molecule has 0 rings (SSSR count). The molecule has 0 atom stereocenters. The number of nitrogens with two attached hydrogens (primary N) is 3. The molecule has 0 radical (unpaired) electrons. The first-order chi connectivity index (χ1) is 10.6. The van der Waals surface area contributed by atoms with E-state index in [0.717, 1.165) is 63.1 Å². The summed E-state index contributed by atoms with van der Waals surface area (Å²) < 4.78 is 4.93. The Bertz CT molecular complexity index is 209. The van der Waals surface area contributed by atoms with Gasteiger partial charge in [0.2, 0.25) is 0 Å². The minimum absolute atomic E-state index is 0.720. The van der Waals surface area contributed by atoms with Crippen molar-refractivity contribution in [2.75, 3.05) is 58.9 Å². The van der Waals surface area contributed by atoms with E-state index in [0.29, 0.717) is 0 Å². The predicted molar refractivity (Wildman–Crippen MR) is 95.3 cm³/mol. The first-order valence-electron chi connectivity index (χ1n) is 8.85. The number of nitrogens with one attached hydrogen (secondary N) is 3. The quantitative estimate of drug-likeness (QED) is 0.170. The van der Waals surface area contributed by atoms with Gasteiger partial charge in [0.05, 0.1) is 0 Å². The zero-order valence-corrected chi connectivity index (χ0v) is 16.4. The summed E-state index contributed by atoms with van der Waals surface area (Å²) in [5.41, 5.74) is 16.7. The summed E-state index contributed by atoms with van der Waals surface area (Å²) in [6.07, 6.45) is 0. The predicted octanol–water partition coefficient (Wildman–Crippen LogP) is -0.132. The number of hydrogen-bond donors (Lipinski definition) is 6. The van der Waals surface area contributed by atoms with E-state index in [1.54, 1.807) is 0 Å². The van der Waals surface area contributed by atoms with E-state index in [1.807, 2.05) is 0 Å². The van der Waals surface area contributed by atoms with E-state index in [2.05, 4.69) is 29.8 Å². The molecule has 9 N–H and O–H groups in total. The average molecular weight is 352 g/mol. The summed E-state index contributed by atoms with van der Waals surface area (Å²) in [6, 6.07) is 0. The standard InChI is InChI=1S/3C4H11N2.C3H7.Ti/c3*1-2-6-4-3-5;1-3-2;/h3*6H,1-5H2;3H,1-2H3;. The van der Waals surface area contributed by atoms with Gasteiger partial charge in [-0.15, -0.1) is 0 Å². The van der Waals surface area contributed by atoms with Gasteiger partial charge in [0.15, 0.2) is 0 Å². The number of rotatable bonds is 16. The number of hydrogen-bond acceptors (Lipinski definition) is 6. The molecule has 0 amide bonds. The molecule has 22 heavy (non-hydrogen) atoms. The molecule has 0 unspecified atom stereocenters. The van der Waals surface area contributed by atoms with Crippen LogP contribution in [0.25, 0.3) is 0 Å². The van der Waals surface area contributed by atoms with Gasteiger partial charge in [0, 0.05) is 0 Å². The fourth-order valence-corrected chi connectivity index (χ4v) is 9.97.